The molecule has 0 spiro atoms. The van der Waals surface area contributed by atoms with Crippen molar-refractivity contribution in [3.63, 3.8) is 0 Å². The first kappa shape index (κ1) is 13.0. The molecule has 0 atom stereocenters. The van der Waals surface area contributed by atoms with Gasteiger partial charge in [0.2, 0.25) is 0 Å². The van der Waals surface area contributed by atoms with E-state index in [2.05, 4.69) is 48.8 Å². The number of pyridine rings is 1. The van der Waals surface area contributed by atoms with Crippen LogP contribution in [0.4, 0.5) is 5.82 Å². The van der Waals surface area contributed by atoms with Crippen molar-refractivity contribution in [1.29, 1.82) is 0 Å². The molecule has 4 heteroatoms. The lowest BCUT2D eigenvalue weighted by molar-refractivity contribution is 0.707. The van der Waals surface area contributed by atoms with E-state index in [4.69, 9.17) is 0 Å². The zero-order chi connectivity index (χ0) is 11.1. The highest BCUT2D eigenvalue weighted by Crippen LogP contribution is 2.14. The van der Waals surface area contributed by atoms with Gasteiger partial charge in [0.1, 0.15) is 5.82 Å². The van der Waals surface area contributed by atoms with E-state index in [9.17, 15) is 0 Å². The molecule has 0 aliphatic carbocycles. The van der Waals surface area contributed by atoms with E-state index < -0.39 is 0 Å². The van der Waals surface area contributed by atoms with Crippen molar-refractivity contribution in [3.05, 3.63) is 22.8 Å². The average Bonchev–Trinajstić information content (AvgIpc) is 2.25. The van der Waals surface area contributed by atoms with Crippen LogP contribution >= 0.6 is 31.9 Å². The van der Waals surface area contributed by atoms with Gasteiger partial charge in [0, 0.05) is 29.6 Å². The molecule has 84 valence electrons. The Labute approximate surface area is 108 Å². The Morgan fingerprint density at radius 2 is 2.07 bits per heavy atom. The van der Waals surface area contributed by atoms with Crippen LogP contribution in [0.3, 0.4) is 0 Å². The van der Waals surface area contributed by atoms with Crippen molar-refractivity contribution in [2.24, 2.45) is 0 Å². The average molecular weight is 336 g/mol. The molecular formula is C11H16Br2N2. The minimum Gasteiger partial charge on any atom is -0.360 e. The van der Waals surface area contributed by atoms with Crippen molar-refractivity contribution in [2.45, 2.75) is 19.3 Å². The van der Waals surface area contributed by atoms with Crippen molar-refractivity contribution < 1.29 is 0 Å². The molecule has 1 rings (SSSR count). The molecule has 0 fully saturated rings. The van der Waals surface area contributed by atoms with Crippen molar-refractivity contribution in [2.75, 3.05) is 23.8 Å². The van der Waals surface area contributed by atoms with E-state index in [0.717, 1.165) is 22.2 Å². The van der Waals surface area contributed by atoms with Crippen LogP contribution in [-0.4, -0.2) is 23.9 Å². The van der Waals surface area contributed by atoms with Crippen molar-refractivity contribution >= 4 is 37.7 Å². The molecule has 0 radical (unpaired) electrons. The van der Waals surface area contributed by atoms with Gasteiger partial charge in [-0.2, -0.15) is 0 Å². The number of anilines is 1. The van der Waals surface area contributed by atoms with Crippen LogP contribution in [0.2, 0.25) is 0 Å². The molecular weight excluding hydrogens is 320 g/mol. The Bertz CT molecular complexity index is 274. The summed E-state index contributed by atoms with van der Waals surface area (Å²) in [4.78, 5) is 6.54. The van der Waals surface area contributed by atoms with Gasteiger partial charge < -0.3 is 4.90 Å². The predicted molar refractivity (Wildman–Crippen MR) is 72.9 cm³/mol. The van der Waals surface area contributed by atoms with Gasteiger partial charge in [-0.05, 0) is 40.9 Å². The highest BCUT2D eigenvalue weighted by molar-refractivity contribution is 9.10. The van der Waals surface area contributed by atoms with Crippen LogP contribution < -0.4 is 4.90 Å². The standard InChI is InChI=1S/C11H16Br2N2/c1-15(8-4-2-3-7-12)11-6-5-10(13)9-14-11/h5-6,9H,2-4,7-8H2,1H3. The predicted octanol–water partition coefficient (Wildman–Crippen LogP) is 3.85. The first-order chi connectivity index (χ1) is 7.24. The number of rotatable bonds is 6. The maximum atomic E-state index is 4.35. The number of nitrogens with zero attached hydrogens (tertiary/aromatic N) is 2. The summed E-state index contributed by atoms with van der Waals surface area (Å²) >= 11 is 6.82. The van der Waals surface area contributed by atoms with Crippen molar-refractivity contribution in [3.8, 4) is 0 Å². The highest BCUT2D eigenvalue weighted by Gasteiger charge is 2.01. The molecule has 1 heterocycles. The summed E-state index contributed by atoms with van der Waals surface area (Å²) in [5, 5.41) is 1.10. The fourth-order valence-corrected chi connectivity index (χ4v) is 1.96. The minimum absolute atomic E-state index is 1.03. The first-order valence-electron chi connectivity index (χ1n) is 5.12. The van der Waals surface area contributed by atoms with Gasteiger partial charge in [0.05, 0.1) is 0 Å². The zero-order valence-electron chi connectivity index (χ0n) is 8.92. The van der Waals surface area contributed by atoms with Gasteiger partial charge in [-0.3, -0.25) is 0 Å². The van der Waals surface area contributed by atoms with Crippen molar-refractivity contribution in [1.82, 2.24) is 4.98 Å². The second-order valence-electron chi connectivity index (χ2n) is 3.51. The van der Waals surface area contributed by atoms with Gasteiger partial charge in [-0.25, -0.2) is 4.98 Å². The monoisotopic (exact) mass is 334 g/mol. The van der Waals surface area contributed by atoms with E-state index in [1.807, 2.05) is 18.3 Å². The Morgan fingerprint density at radius 1 is 1.27 bits per heavy atom. The number of halogens is 2. The molecule has 15 heavy (non-hydrogen) atoms. The number of hydrogen-bond donors (Lipinski definition) is 0. The van der Waals surface area contributed by atoms with Crippen LogP contribution in [0, 0.1) is 0 Å². The smallest absolute Gasteiger partial charge is 0.128 e. The molecule has 0 saturated carbocycles. The maximum absolute atomic E-state index is 4.35. The van der Waals surface area contributed by atoms with Gasteiger partial charge in [-0.15, -0.1) is 0 Å². The second-order valence-corrected chi connectivity index (χ2v) is 5.21. The van der Waals surface area contributed by atoms with Crippen LogP contribution in [0.1, 0.15) is 19.3 Å². The topological polar surface area (TPSA) is 16.1 Å². The zero-order valence-corrected chi connectivity index (χ0v) is 12.1. The molecule has 0 amide bonds. The number of hydrogen-bond acceptors (Lipinski definition) is 2. The molecule has 0 bridgehead atoms. The lowest BCUT2D eigenvalue weighted by Gasteiger charge is -2.17. The van der Waals surface area contributed by atoms with Gasteiger partial charge in [-0.1, -0.05) is 22.4 Å². The summed E-state index contributed by atoms with van der Waals surface area (Å²) in [6.07, 6.45) is 5.58. The Kier molecular flexibility index (Phi) is 6.25. The third-order valence-corrected chi connectivity index (χ3v) is 3.26. The van der Waals surface area contributed by atoms with Gasteiger partial charge in [0.15, 0.2) is 0 Å². The molecule has 1 aromatic rings. The minimum atomic E-state index is 1.03. The van der Waals surface area contributed by atoms with Gasteiger partial charge >= 0.3 is 0 Å². The lowest BCUT2D eigenvalue weighted by Crippen LogP contribution is -2.19. The maximum Gasteiger partial charge on any atom is 0.128 e. The van der Waals surface area contributed by atoms with Crippen LogP contribution in [0.15, 0.2) is 22.8 Å². The molecule has 0 saturated heterocycles. The van der Waals surface area contributed by atoms with E-state index >= 15 is 0 Å². The van der Waals surface area contributed by atoms with E-state index in [-0.39, 0.29) is 0 Å². The third kappa shape index (κ3) is 4.98. The summed E-state index contributed by atoms with van der Waals surface area (Å²) in [5.41, 5.74) is 0. The molecule has 0 aromatic carbocycles. The molecule has 1 aromatic heterocycles. The number of unbranched alkanes of at least 4 members (excludes halogenated alkanes) is 2. The second kappa shape index (κ2) is 7.23. The van der Waals surface area contributed by atoms with E-state index in [1.54, 1.807) is 0 Å². The molecule has 2 nitrogen and oxygen atoms in total. The van der Waals surface area contributed by atoms with Crippen LogP contribution in [0.25, 0.3) is 0 Å². The summed E-state index contributed by atoms with van der Waals surface area (Å²) in [6, 6.07) is 4.06. The molecule has 0 aliphatic rings. The first-order valence-corrected chi connectivity index (χ1v) is 7.04. The Hall–Kier alpha value is -0.0900. The van der Waals surface area contributed by atoms with Crippen LogP contribution in [0.5, 0.6) is 0 Å². The molecule has 0 aliphatic heterocycles. The van der Waals surface area contributed by atoms with Gasteiger partial charge in [0.25, 0.3) is 0 Å². The number of alkyl halides is 1. The number of aromatic nitrogens is 1. The Balaban J connectivity index is 2.33. The largest absolute Gasteiger partial charge is 0.360 e. The lowest BCUT2D eigenvalue weighted by atomic mass is 10.2. The third-order valence-electron chi connectivity index (χ3n) is 2.23. The Morgan fingerprint density at radius 3 is 2.67 bits per heavy atom. The summed E-state index contributed by atoms with van der Waals surface area (Å²) < 4.78 is 1.03. The quantitative estimate of drug-likeness (QED) is 0.580. The summed E-state index contributed by atoms with van der Waals surface area (Å²) in [7, 11) is 2.09. The van der Waals surface area contributed by atoms with Crippen LogP contribution in [-0.2, 0) is 0 Å². The summed E-state index contributed by atoms with van der Waals surface area (Å²) in [6.45, 7) is 1.07. The normalized spacial score (nSPS) is 10.3. The fourth-order valence-electron chi connectivity index (χ4n) is 1.33. The summed E-state index contributed by atoms with van der Waals surface area (Å²) in [5.74, 6) is 1.04. The van der Waals surface area contributed by atoms with E-state index in [0.29, 0.717) is 0 Å². The van der Waals surface area contributed by atoms with E-state index in [1.165, 1.54) is 19.3 Å². The fraction of sp³-hybridized carbons (Fsp3) is 0.545. The molecule has 0 unspecified atom stereocenters. The highest BCUT2D eigenvalue weighted by atomic mass is 79.9. The molecule has 0 N–H and O–H groups in total. The SMILES string of the molecule is CN(CCCCCBr)c1ccc(Br)cn1.